The molecule has 0 atom stereocenters. The highest BCUT2D eigenvalue weighted by Crippen LogP contribution is 2.25. The van der Waals surface area contributed by atoms with Gasteiger partial charge in [-0.15, -0.1) is 0 Å². The first-order valence-electron chi connectivity index (χ1n) is 7.55. The van der Waals surface area contributed by atoms with E-state index in [1.165, 1.54) is 12.1 Å². The third kappa shape index (κ3) is 4.47. The van der Waals surface area contributed by atoms with Crippen LogP contribution in [0.25, 0.3) is 0 Å². The molecule has 0 aliphatic carbocycles. The van der Waals surface area contributed by atoms with Crippen LogP contribution in [0.1, 0.15) is 16.2 Å². The standard InChI is InChI=1S/C18H13Cl2FN4O/c1-10-8-16(17(26)23-13-6-7-14(19)15(20)9-13)25-18(22-10)24-12-4-2-11(21)3-5-12/h2-9H,1H3,(H,23,26)(H,22,24,25). The highest BCUT2D eigenvalue weighted by atomic mass is 35.5. The molecule has 1 amide bonds. The molecule has 3 rings (SSSR count). The summed E-state index contributed by atoms with van der Waals surface area (Å²) in [5.74, 6) is -0.533. The minimum atomic E-state index is -0.420. The van der Waals surface area contributed by atoms with Gasteiger partial charge in [-0.05, 0) is 55.5 Å². The SMILES string of the molecule is Cc1cc(C(=O)Nc2ccc(Cl)c(Cl)c2)nc(Nc2ccc(F)cc2)n1. The minimum Gasteiger partial charge on any atom is -0.324 e. The van der Waals surface area contributed by atoms with Crippen LogP contribution in [0.15, 0.2) is 48.5 Å². The van der Waals surface area contributed by atoms with Crippen molar-refractivity contribution in [1.82, 2.24) is 9.97 Å². The molecule has 0 saturated carbocycles. The van der Waals surface area contributed by atoms with Gasteiger partial charge >= 0.3 is 0 Å². The van der Waals surface area contributed by atoms with Gasteiger partial charge in [-0.25, -0.2) is 14.4 Å². The normalized spacial score (nSPS) is 10.5. The van der Waals surface area contributed by atoms with Crippen LogP contribution in [0.3, 0.4) is 0 Å². The lowest BCUT2D eigenvalue weighted by molar-refractivity contribution is 0.102. The highest BCUT2D eigenvalue weighted by Gasteiger charge is 2.12. The number of rotatable bonds is 4. The van der Waals surface area contributed by atoms with Crippen LogP contribution in [0.4, 0.5) is 21.7 Å². The van der Waals surface area contributed by atoms with Crippen LogP contribution in [-0.2, 0) is 0 Å². The summed E-state index contributed by atoms with van der Waals surface area (Å²) in [6.45, 7) is 1.74. The summed E-state index contributed by atoms with van der Waals surface area (Å²) in [4.78, 5) is 20.9. The lowest BCUT2D eigenvalue weighted by atomic mass is 10.2. The van der Waals surface area contributed by atoms with Crippen LogP contribution in [-0.4, -0.2) is 15.9 Å². The number of nitrogens with one attached hydrogen (secondary N) is 2. The fourth-order valence-corrected chi connectivity index (χ4v) is 2.47. The quantitative estimate of drug-likeness (QED) is 0.640. The van der Waals surface area contributed by atoms with Crippen LogP contribution < -0.4 is 10.6 Å². The maximum Gasteiger partial charge on any atom is 0.274 e. The first-order valence-corrected chi connectivity index (χ1v) is 8.31. The molecule has 2 N–H and O–H groups in total. The van der Waals surface area contributed by atoms with E-state index in [1.807, 2.05) is 0 Å². The third-order valence-electron chi connectivity index (χ3n) is 3.36. The van der Waals surface area contributed by atoms with E-state index in [-0.39, 0.29) is 17.5 Å². The summed E-state index contributed by atoms with van der Waals surface area (Å²) >= 11 is 11.8. The molecular weight excluding hydrogens is 378 g/mol. The average Bonchev–Trinajstić information content (AvgIpc) is 2.60. The Bertz CT molecular complexity index is 964. The number of amides is 1. The van der Waals surface area contributed by atoms with Crippen molar-refractivity contribution in [1.29, 1.82) is 0 Å². The van der Waals surface area contributed by atoms with Gasteiger partial charge in [-0.1, -0.05) is 23.2 Å². The van der Waals surface area contributed by atoms with Crippen molar-refractivity contribution in [2.75, 3.05) is 10.6 Å². The Labute approximate surface area is 159 Å². The maximum atomic E-state index is 13.0. The Balaban J connectivity index is 1.80. The molecule has 2 aromatic carbocycles. The van der Waals surface area contributed by atoms with Gasteiger partial charge in [0.2, 0.25) is 5.95 Å². The second-order valence-electron chi connectivity index (χ2n) is 5.43. The van der Waals surface area contributed by atoms with Crippen molar-refractivity contribution in [2.45, 2.75) is 6.92 Å². The molecule has 26 heavy (non-hydrogen) atoms. The molecule has 0 fully saturated rings. The number of nitrogens with zero attached hydrogens (tertiary/aromatic N) is 2. The number of hydrogen-bond donors (Lipinski definition) is 2. The Hall–Kier alpha value is -2.70. The summed E-state index contributed by atoms with van der Waals surface area (Å²) in [5, 5.41) is 6.37. The molecule has 0 unspecified atom stereocenters. The Morgan fingerprint density at radius 3 is 2.35 bits per heavy atom. The van der Waals surface area contributed by atoms with E-state index < -0.39 is 5.91 Å². The monoisotopic (exact) mass is 390 g/mol. The number of anilines is 3. The minimum absolute atomic E-state index is 0.174. The van der Waals surface area contributed by atoms with E-state index in [9.17, 15) is 9.18 Å². The number of halogens is 3. The van der Waals surface area contributed by atoms with Crippen molar-refractivity contribution in [2.24, 2.45) is 0 Å². The number of aryl methyl sites for hydroxylation is 1. The van der Waals surface area contributed by atoms with Gasteiger partial charge in [0.05, 0.1) is 10.0 Å². The average molecular weight is 391 g/mol. The molecule has 3 aromatic rings. The van der Waals surface area contributed by atoms with Crippen molar-refractivity contribution in [3.63, 3.8) is 0 Å². The van der Waals surface area contributed by atoms with Crippen LogP contribution >= 0.6 is 23.2 Å². The molecule has 0 spiro atoms. The second-order valence-corrected chi connectivity index (χ2v) is 6.25. The maximum absolute atomic E-state index is 13.0. The lowest BCUT2D eigenvalue weighted by Gasteiger charge is -2.09. The van der Waals surface area contributed by atoms with Crippen molar-refractivity contribution in [3.05, 3.63) is 75.8 Å². The molecule has 0 saturated heterocycles. The largest absolute Gasteiger partial charge is 0.324 e. The zero-order valence-electron chi connectivity index (χ0n) is 13.6. The molecule has 0 bridgehead atoms. The van der Waals surface area contributed by atoms with Gasteiger partial charge in [0.25, 0.3) is 5.91 Å². The van der Waals surface area contributed by atoms with E-state index in [1.54, 1.807) is 43.3 Å². The van der Waals surface area contributed by atoms with Crippen LogP contribution in [0, 0.1) is 12.7 Å². The molecule has 1 heterocycles. The third-order valence-corrected chi connectivity index (χ3v) is 4.10. The Morgan fingerprint density at radius 1 is 0.962 bits per heavy atom. The summed E-state index contributed by atoms with van der Waals surface area (Å²) < 4.78 is 13.0. The molecule has 1 aromatic heterocycles. The molecule has 0 aliphatic heterocycles. The van der Waals surface area contributed by atoms with Crippen molar-refractivity contribution >= 4 is 46.4 Å². The van der Waals surface area contributed by atoms with Crippen LogP contribution in [0.5, 0.6) is 0 Å². The Kier molecular flexibility index (Phi) is 5.35. The number of aromatic nitrogens is 2. The van der Waals surface area contributed by atoms with Crippen LogP contribution in [0.2, 0.25) is 10.0 Å². The predicted molar refractivity (Wildman–Crippen MR) is 101 cm³/mol. The zero-order valence-corrected chi connectivity index (χ0v) is 15.1. The summed E-state index contributed by atoms with van der Waals surface area (Å²) in [6.07, 6.45) is 0. The molecule has 5 nitrogen and oxygen atoms in total. The topological polar surface area (TPSA) is 66.9 Å². The number of carbonyl (C=O) groups excluding carboxylic acids is 1. The fraction of sp³-hybridized carbons (Fsp3) is 0.0556. The van der Waals surface area contributed by atoms with Gasteiger partial charge in [0.15, 0.2) is 0 Å². The lowest BCUT2D eigenvalue weighted by Crippen LogP contribution is -2.15. The van der Waals surface area contributed by atoms with Gasteiger partial charge < -0.3 is 10.6 Å². The number of benzene rings is 2. The number of carbonyl (C=O) groups is 1. The first-order chi connectivity index (χ1) is 12.4. The smallest absolute Gasteiger partial charge is 0.274 e. The summed E-state index contributed by atoms with van der Waals surface area (Å²) in [6, 6.07) is 12.1. The molecule has 132 valence electrons. The van der Waals surface area contributed by atoms with E-state index in [0.717, 1.165) is 0 Å². The second kappa shape index (κ2) is 7.68. The fourth-order valence-electron chi connectivity index (χ4n) is 2.17. The molecule has 0 aliphatic rings. The van der Waals surface area contributed by atoms with E-state index >= 15 is 0 Å². The van der Waals surface area contributed by atoms with E-state index in [2.05, 4.69) is 20.6 Å². The van der Waals surface area contributed by atoms with E-state index in [0.29, 0.717) is 27.1 Å². The first kappa shape index (κ1) is 18.1. The summed E-state index contributed by atoms with van der Waals surface area (Å²) in [7, 11) is 0. The van der Waals surface area contributed by atoms with Crippen molar-refractivity contribution < 1.29 is 9.18 Å². The molecular formula is C18H13Cl2FN4O. The zero-order chi connectivity index (χ0) is 18.7. The van der Waals surface area contributed by atoms with Crippen molar-refractivity contribution in [3.8, 4) is 0 Å². The van der Waals surface area contributed by atoms with E-state index in [4.69, 9.17) is 23.2 Å². The van der Waals surface area contributed by atoms with Gasteiger partial charge in [0, 0.05) is 17.1 Å². The summed E-state index contributed by atoms with van der Waals surface area (Å²) in [5.41, 5.74) is 1.87. The highest BCUT2D eigenvalue weighted by molar-refractivity contribution is 6.42. The molecule has 0 radical (unpaired) electrons. The van der Waals surface area contributed by atoms with Gasteiger partial charge in [0.1, 0.15) is 11.5 Å². The van der Waals surface area contributed by atoms with Gasteiger partial charge in [-0.3, -0.25) is 4.79 Å². The predicted octanol–water partition coefficient (Wildman–Crippen LogP) is 5.23. The Morgan fingerprint density at radius 2 is 1.65 bits per heavy atom. The number of hydrogen-bond acceptors (Lipinski definition) is 4. The molecule has 8 heteroatoms. The van der Waals surface area contributed by atoms with Gasteiger partial charge in [-0.2, -0.15) is 0 Å².